The van der Waals surface area contributed by atoms with E-state index in [1.165, 1.54) is 29.2 Å². The van der Waals surface area contributed by atoms with Crippen molar-refractivity contribution in [3.8, 4) is 0 Å². The fourth-order valence-electron chi connectivity index (χ4n) is 3.93. The minimum Gasteiger partial charge on any atom is -0.354 e. The minimum absolute atomic E-state index is 0.0110. The fraction of sp³-hybridized carbons (Fsp3) is 0.310. The summed E-state index contributed by atoms with van der Waals surface area (Å²) in [4.78, 5) is 28.3. The van der Waals surface area contributed by atoms with Gasteiger partial charge in [0, 0.05) is 18.1 Å². The molecule has 0 aromatic heterocycles. The molecule has 40 heavy (non-hydrogen) atoms. The molecular weight excluding hydrogens is 593 g/mol. The van der Waals surface area contributed by atoms with E-state index in [2.05, 4.69) is 5.32 Å². The number of carbonyl (C=O) groups is 2. The Bertz CT molecular complexity index is 1430. The van der Waals surface area contributed by atoms with E-state index in [1.807, 2.05) is 13.8 Å². The molecule has 1 N–H and O–H groups in total. The van der Waals surface area contributed by atoms with Crippen LogP contribution >= 0.6 is 34.8 Å². The van der Waals surface area contributed by atoms with Gasteiger partial charge in [0.15, 0.2) is 0 Å². The third-order valence-electron chi connectivity index (χ3n) is 6.34. The Balaban J connectivity index is 2.01. The van der Waals surface area contributed by atoms with Crippen molar-refractivity contribution in [1.29, 1.82) is 0 Å². The molecule has 0 saturated heterocycles. The lowest BCUT2D eigenvalue weighted by Gasteiger charge is -2.32. The summed E-state index contributed by atoms with van der Waals surface area (Å²) in [6.45, 7) is 5.40. The first-order valence-electron chi connectivity index (χ1n) is 12.8. The molecule has 0 fully saturated rings. The summed E-state index contributed by atoms with van der Waals surface area (Å²) in [6, 6.07) is 16.6. The average molecular weight is 625 g/mol. The number of aryl methyl sites for hydroxylation is 1. The van der Waals surface area contributed by atoms with Crippen LogP contribution in [-0.2, 0) is 26.2 Å². The molecular formula is C29H32Cl3N3O4S. The molecule has 7 nitrogen and oxygen atoms in total. The molecule has 214 valence electrons. The molecule has 0 heterocycles. The Hall–Kier alpha value is -2.78. The van der Waals surface area contributed by atoms with Crippen LogP contribution in [0.1, 0.15) is 37.8 Å². The van der Waals surface area contributed by atoms with Crippen LogP contribution in [0.25, 0.3) is 0 Å². The zero-order valence-electron chi connectivity index (χ0n) is 22.5. The van der Waals surface area contributed by atoms with E-state index >= 15 is 0 Å². The molecule has 3 rings (SSSR count). The second-order valence-electron chi connectivity index (χ2n) is 9.39. The number of sulfonamides is 1. The monoisotopic (exact) mass is 623 g/mol. The highest BCUT2D eigenvalue weighted by molar-refractivity contribution is 7.92. The number of anilines is 1. The molecule has 3 aromatic carbocycles. The Kier molecular flexibility index (Phi) is 11.3. The van der Waals surface area contributed by atoms with Crippen molar-refractivity contribution in [3.05, 3.63) is 92.9 Å². The summed E-state index contributed by atoms with van der Waals surface area (Å²) in [7, 11) is -4.16. The van der Waals surface area contributed by atoms with E-state index in [9.17, 15) is 18.0 Å². The molecule has 0 aliphatic rings. The van der Waals surface area contributed by atoms with E-state index in [1.54, 1.807) is 49.4 Å². The number of hydrogen-bond acceptors (Lipinski definition) is 4. The van der Waals surface area contributed by atoms with Gasteiger partial charge in [0.2, 0.25) is 11.8 Å². The molecule has 0 radical (unpaired) electrons. The minimum atomic E-state index is -4.16. The van der Waals surface area contributed by atoms with Gasteiger partial charge in [0.05, 0.1) is 20.6 Å². The van der Waals surface area contributed by atoms with Gasteiger partial charge in [-0.1, -0.05) is 71.9 Å². The maximum atomic E-state index is 13.9. The topological polar surface area (TPSA) is 86.8 Å². The van der Waals surface area contributed by atoms with Gasteiger partial charge < -0.3 is 10.2 Å². The predicted molar refractivity (Wildman–Crippen MR) is 162 cm³/mol. The second-order valence-corrected chi connectivity index (χ2v) is 12.5. The first-order chi connectivity index (χ1) is 18.9. The van der Waals surface area contributed by atoms with Crippen molar-refractivity contribution >= 4 is 62.3 Å². The van der Waals surface area contributed by atoms with Crippen LogP contribution in [-0.4, -0.2) is 44.3 Å². The standard InChI is InChI=1S/C29H32Cl3N3O4S/c1-4-5-16-33-29(37)21(3)34(18-22-8-15-26(31)27(32)17-22)28(36)19-35(24-11-9-23(30)10-12-24)40(38,39)25-13-6-20(2)7-14-25/h6-15,17,21H,4-5,16,18-19H2,1-3H3,(H,33,37)/t21-/m0/s1. The highest BCUT2D eigenvalue weighted by Crippen LogP contribution is 2.27. The number of halogens is 3. The number of nitrogens with one attached hydrogen (secondary N) is 1. The smallest absolute Gasteiger partial charge is 0.264 e. The molecule has 3 aromatic rings. The van der Waals surface area contributed by atoms with Gasteiger partial charge >= 0.3 is 0 Å². The highest BCUT2D eigenvalue weighted by Gasteiger charge is 2.32. The quantitative estimate of drug-likeness (QED) is 0.234. The zero-order valence-corrected chi connectivity index (χ0v) is 25.6. The predicted octanol–water partition coefficient (Wildman–Crippen LogP) is 6.48. The van der Waals surface area contributed by atoms with Crippen molar-refractivity contribution in [2.24, 2.45) is 0 Å². The molecule has 0 bridgehead atoms. The van der Waals surface area contributed by atoms with Crippen LogP contribution in [0.2, 0.25) is 15.1 Å². The van der Waals surface area contributed by atoms with Crippen molar-refractivity contribution in [3.63, 3.8) is 0 Å². The van der Waals surface area contributed by atoms with Gasteiger partial charge in [-0.3, -0.25) is 13.9 Å². The lowest BCUT2D eigenvalue weighted by atomic mass is 10.1. The number of benzene rings is 3. The Labute approximate surface area is 251 Å². The van der Waals surface area contributed by atoms with Crippen molar-refractivity contribution in [1.82, 2.24) is 10.2 Å². The van der Waals surface area contributed by atoms with Crippen LogP contribution in [0, 0.1) is 6.92 Å². The zero-order chi connectivity index (χ0) is 29.4. The van der Waals surface area contributed by atoms with E-state index in [-0.39, 0.29) is 23.0 Å². The first-order valence-corrected chi connectivity index (χ1v) is 15.4. The maximum Gasteiger partial charge on any atom is 0.264 e. The first kappa shape index (κ1) is 31.7. The number of hydrogen-bond donors (Lipinski definition) is 1. The number of rotatable bonds is 12. The van der Waals surface area contributed by atoms with Gasteiger partial charge in [-0.25, -0.2) is 8.42 Å². The van der Waals surface area contributed by atoms with Crippen molar-refractivity contribution < 1.29 is 18.0 Å². The van der Waals surface area contributed by atoms with Crippen LogP contribution in [0.3, 0.4) is 0 Å². The molecule has 0 aliphatic carbocycles. The Morgan fingerprint density at radius 1 is 0.925 bits per heavy atom. The number of amides is 2. The highest BCUT2D eigenvalue weighted by atomic mass is 35.5. The average Bonchev–Trinajstić information content (AvgIpc) is 2.92. The van der Waals surface area contributed by atoms with Crippen LogP contribution in [0.15, 0.2) is 71.6 Å². The summed E-state index contributed by atoms with van der Waals surface area (Å²) in [6.07, 6.45) is 1.69. The van der Waals surface area contributed by atoms with Crippen LogP contribution in [0.4, 0.5) is 5.69 Å². The number of unbranched alkanes of at least 4 members (excludes halogenated alkanes) is 1. The van der Waals surface area contributed by atoms with E-state index in [0.29, 0.717) is 27.2 Å². The van der Waals surface area contributed by atoms with Gasteiger partial charge in [-0.05, 0) is 74.4 Å². The molecule has 0 aliphatic heterocycles. The summed E-state index contributed by atoms with van der Waals surface area (Å²) in [5.74, 6) is -0.920. The normalized spacial score (nSPS) is 12.1. The number of nitrogens with zero attached hydrogens (tertiary/aromatic N) is 2. The van der Waals surface area contributed by atoms with Crippen LogP contribution in [0.5, 0.6) is 0 Å². The van der Waals surface area contributed by atoms with E-state index < -0.39 is 28.5 Å². The third-order valence-corrected chi connectivity index (χ3v) is 9.12. The largest absolute Gasteiger partial charge is 0.354 e. The molecule has 0 spiro atoms. The SMILES string of the molecule is CCCCNC(=O)[C@H](C)N(Cc1ccc(Cl)c(Cl)c1)C(=O)CN(c1ccc(Cl)cc1)S(=O)(=O)c1ccc(C)cc1. The third kappa shape index (κ3) is 8.13. The van der Waals surface area contributed by atoms with Gasteiger partial charge in [-0.2, -0.15) is 0 Å². The molecule has 11 heteroatoms. The Morgan fingerprint density at radius 3 is 2.17 bits per heavy atom. The molecule has 0 saturated carbocycles. The summed E-state index contributed by atoms with van der Waals surface area (Å²) in [5, 5.41) is 3.92. The van der Waals surface area contributed by atoms with Gasteiger partial charge in [0.25, 0.3) is 10.0 Å². The number of carbonyl (C=O) groups excluding carboxylic acids is 2. The van der Waals surface area contributed by atoms with Crippen molar-refractivity contribution in [2.75, 3.05) is 17.4 Å². The molecule has 0 unspecified atom stereocenters. The maximum absolute atomic E-state index is 13.9. The lowest BCUT2D eigenvalue weighted by Crippen LogP contribution is -2.51. The van der Waals surface area contributed by atoms with E-state index in [0.717, 1.165) is 22.7 Å². The fourth-order valence-corrected chi connectivity index (χ4v) is 5.79. The van der Waals surface area contributed by atoms with Crippen LogP contribution < -0.4 is 9.62 Å². The molecule has 1 atom stereocenters. The van der Waals surface area contributed by atoms with Gasteiger partial charge in [0.1, 0.15) is 12.6 Å². The van der Waals surface area contributed by atoms with Crippen molar-refractivity contribution in [2.45, 2.75) is 51.1 Å². The summed E-state index contributed by atoms with van der Waals surface area (Å²) >= 11 is 18.3. The van der Waals surface area contributed by atoms with Gasteiger partial charge in [-0.15, -0.1) is 0 Å². The Morgan fingerprint density at radius 2 is 1.57 bits per heavy atom. The lowest BCUT2D eigenvalue weighted by molar-refractivity contribution is -0.139. The summed E-state index contributed by atoms with van der Waals surface area (Å²) in [5.41, 5.74) is 1.78. The second kappa shape index (κ2) is 14.2. The summed E-state index contributed by atoms with van der Waals surface area (Å²) < 4.78 is 28.7. The van der Waals surface area contributed by atoms with E-state index in [4.69, 9.17) is 34.8 Å². The molecule has 2 amide bonds.